The van der Waals surface area contributed by atoms with Crippen molar-refractivity contribution in [2.75, 3.05) is 6.54 Å². The van der Waals surface area contributed by atoms with E-state index in [0.717, 1.165) is 12.0 Å². The van der Waals surface area contributed by atoms with Gasteiger partial charge in [-0.15, -0.1) is 0 Å². The van der Waals surface area contributed by atoms with Gasteiger partial charge in [0.25, 0.3) is 0 Å². The lowest BCUT2D eigenvalue weighted by atomic mass is 9.88. The van der Waals surface area contributed by atoms with E-state index in [1.165, 1.54) is 5.56 Å². The average molecular weight is 393 g/mol. The predicted octanol–water partition coefficient (Wildman–Crippen LogP) is 2.37. The van der Waals surface area contributed by atoms with Gasteiger partial charge in [0.2, 0.25) is 0 Å². The fraction of sp³-hybridized carbons (Fsp3) is 0.550. The molecule has 1 atom stereocenters. The number of amides is 4. The minimum absolute atomic E-state index is 0.236. The summed E-state index contributed by atoms with van der Waals surface area (Å²) in [7, 11) is 0. The molecule has 0 aliphatic rings. The molecule has 8 heteroatoms. The maximum Gasteiger partial charge on any atom is 0.326 e. The van der Waals surface area contributed by atoms with Gasteiger partial charge in [-0.1, -0.05) is 45.0 Å². The highest BCUT2D eigenvalue weighted by atomic mass is 16.4. The van der Waals surface area contributed by atoms with Gasteiger partial charge < -0.3 is 26.8 Å². The van der Waals surface area contributed by atoms with Crippen LogP contribution >= 0.6 is 0 Å². The van der Waals surface area contributed by atoms with E-state index in [9.17, 15) is 14.4 Å². The Kier molecular flexibility index (Phi) is 9.27. The SMILES string of the molecule is CC(C)(C)Cc1ccc(CNC(=O)NCCCC[C@H](NC(N)=O)C(=O)O)cc1. The third kappa shape index (κ3) is 10.4. The van der Waals surface area contributed by atoms with E-state index in [1.807, 2.05) is 12.1 Å². The summed E-state index contributed by atoms with van der Waals surface area (Å²) >= 11 is 0. The highest BCUT2D eigenvalue weighted by molar-refractivity contribution is 5.81. The molecule has 0 aromatic heterocycles. The largest absolute Gasteiger partial charge is 0.480 e. The fourth-order valence-electron chi connectivity index (χ4n) is 2.74. The number of urea groups is 2. The van der Waals surface area contributed by atoms with Crippen LogP contribution in [0.3, 0.4) is 0 Å². The second-order valence-electron chi connectivity index (χ2n) is 8.06. The lowest BCUT2D eigenvalue weighted by Gasteiger charge is -2.18. The average Bonchev–Trinajstić information content (AvgIpc) is 2.58. The highest BCUT2D eigenvalue weighted by Crippen LogP contribution is 2.20. The number of carbonyl (C=O) groups is 3. The van der Waals surface area contributed by atoms with Gasteiger partial charge in [0.15, 0.2) is 0 Å². The number of hydrogen-bond acceptors (Lipinski definition) is 3. The van der Waals surface area contributed by atoms with Crippen LogP contribution in [0.15, 0.2) is 24.3 Å². The second-order valence-corrected chi connectivity index (χ2v) is 8.06. The first-order valence-corrected chi connectivity index (χ1v) is 9.45. The third-order valence-corrected chi connectivity index (χ3v) is 4.03. The molecule has 156 valence electrons. The van der Waals surface area contributed by atoms with Crippen molar-refractivity contribution in [3.05, 3.63) is 35.4 Å². The molecule has 0 fully saturated rings. The fourth-order valence-corrected chi connectivity index (χ4v) is 2.74. The summed E-state index contributed by atoms with van der Waals surface area (Å²) < 4.78 is 0. The van der Waals surface area contributed by atoms with E-state index in [2.05, 4.69) is 48.9 Å². The molecule has 1 aromatic rings. The predicted molar refractivity (Wildman–Crippen MR) is 108 cm³/mol. The van der Waals surface area contributed by atoms with Crippen molar-refractivity contribution >= 4 is 18.0 Å². The Labute approximate surface area is 166 Å². The Balaban J connectivity index is 2.23. The number of primary amides is 1. The van der Waals surface area contributed by atoms with E-state index >= 15 is 0 Å². The first-order valence-electron chi connectivity index (χ1n) is 9.45. The van der Waals surface area contributed by atoms with Gasteiger partial charge in [-0.25, -0.2) is 14.4 Å². The molecule has 0 spiro atoms. The molecular weight excluding hydrogens is 360 g/mol. The molecule has 4 amide bonds. The lowest BCUT2D eigenvalue weighted by Crippen LogP contribution is -2.43. The summed E-state index contributed by atoms with van der Waals surface area (Å²) in [4.78, 5) is 33.5. The van der Waals surface area contributed by atoms with Gasteiger partial charge >= 0.3 is 18.0 Å². The Morgan fingerprint density at radius 2 is 1.64 bits per heavy atom. The Bertz CT molecular complexity index is 653. The van der Waals surface area contributed by atoms with Crippen molar-refractivity contribution in [1.29, 1.82) is 0 Å². The van der Waals surface area contributed by atoms with Gasteiger partial charge in [-0.2, -0.15) is 0 Å². The quantitative estimate of drug-likeness (QED) is 0.391. The maximum absolute atomic E-state index is 11.8. The molecule has 0 heterocycles. The van der Waals surface area contributed by atoms with E-state index in [4.69, 9.17) is 10.8 Å². The number of nitrogens with two attached hydrogens (primary N) is 1. The number of hydrogen-bond donors (Lipinski definition) is 5. The van der Waals surface area contributed by atoms with E-state index in [0.29, 0.717) is 25.9 Å². The minimum Gasteiger partial charge on any atom is -0.480 e. The van der Waals surface area contributed by atoms with Crippen LogP contribution in [0.4, 0.5) is 9.59 Å². The van der Waals surface area contributed by atoms with E-state index in [1.54, 1.807) is 0 Å². The minimum atomic E-state index is -1.13. The molecule has 0 aliphatic carbocycles. The van der Waals surface area contributed by atoms with Crippen molar-refractivity contribution in [3.63, 3.8) is 0 Å². The van der Waals surface area contributed by atoms with Crippen molar-refractivity contribution in [2.24, 2.45) is 11.1 Å². The highest BCUT2D eigenvalue weighted by Gasteiger charge is 2.17. The summed E-state index contributed by atoms with van der Waals surface area (Å²) in [5.74, 6) is -1.13. The van der Waals surface area contributed by atoms with Crippen molar-refractivity contribution in [1.82, 2.24) is 16.0 Å². The summed E-state index contributed by atoms with van der Waals surface area (Å²) in [5.41, 5.74) is 7.47. The first kappa shape index (κ1) is 23.3. The molecule has 0 saturated carbocycles. The van der Waals surface area contributed by atoms with Crippen LogP contribution in [0, 0.1) is 5.41 Å². The zero-order valence-corrected chi connectivity index (χ0v) is 16.9. The number of unbranched alkanes of at least 4 members (excludes halogenated alkanes) is 1. The molecule has 0 bridgehead atoms. The lowest BCUT2D eigenvalue weighted by molar-refractivity contribution is -0.139. The number of rotatable bonds is 10. The normalized spacial score (nSPS) is 12.1. The van der Waals surface area contributed by atoms with Gasteiger partial charge in [-0.05, 0) is 42.2 Å². The van der Waals surface area contributed by atoms with Gasteiger partial charge in [0, 0.05) is 13.1 Å². The Morgan fingerprint density at radius 3 is 2.18 bits per heavy atom. The molecular formula is C20H32N4O4. The number of benzene rings is 1. The van der Waals surface area contributed by atoms with Crippen LogP contribution in [0.25, 0.3) is 0 Å². The molecule has 1 rings (SSSR count). The van der Waals surface area contributed by atoms with Crippen LogP contribution < -0.4 is 21.7 Å². The molecule has 8 nitrogen and oxygen atoms in total. The van der Waals surface area contributed by atoms with Gasteiger partial charge in [-0.3, -0.25) is 0 Å². The number of carbonyl (C=O) groups excluding carboxylic acids is 2. The first-order chi connectivity index (χ1) is 13.1. The number of aliphatic carboxylic acids is 1. The third-order valence-electron chi connectivity index (χ3n) is 4.03. The van der Waals surface area contributed by atoms with Gasteiger partial charge in [0.05, 0.1) is 0 Å². The zero-order valence-electron chi connectivity index (χ0n) is 16.9. The monoisotopic (exact) mass is 392 g/mol. The summed E-state index contributed by atoms with van der Waals surface area (Å²) in [6.45, 7) is 7.44. The van der Waals surface area contributed by atoms with Crippen LogP contribution in [0.5, 0.6) is 0 Å². The Morgan fingerprint density at radius 1 is 1.04 bits per heavy atom. The molecule has 6 N–H and O–H groups in total. The van der Waals surface area contributed by atoms with Gasteiger partial charge in [0.1, 0.15) is 6.04 Å². The molecule has 0 unspecified atom stereocenters. The smallest absolute Gasteiger partial charge is 0.326 e. The number of nitrogens with one attached hydrogen (secondary N) is 3. The number of carboxylic acids is 1. The van der Waals surface area contributed by atoms with Crippen LogP contribution in [0.2, 0.25) is 0 Å². The molecule has 0 aliphatic heterocycles. The summed E-state index contributed by atoms with van der Waals surface area (Å²) in [6.07, 6.45) is 2.38. The van der Waals surface area contributed by atoms with Crippen molar-refractivity contribution in [2.45, 2.75) is 59.0 Å². The van der Waals surface area contributed by atoms with E-state index in [-0.39, 0.29) is 17.9 Å². The number of carboxylic acid groups (broad SMARTS) is 1. The topological polar surface area (TPSA) is 134 Å². The summed E-state index contributed by atoms with van der Waals surface area (Å²) in [6, 6.07) is 6.05. The van der Waals surface area contributed by atoms with Crippen molar-refractivity contribution in [3.8, 4) is 0 Å². The van der Waals surface area contributed by atoms with Crippen LogP contribution in [-0.2, 0) is 17.8 Å². The zero-order chi connectivity index (χ0) is 21.2. The van der Waals surface area contributed by atoms with E-state index < -0.39 is 18.0 Å². The molecule has 28 heavy (non-hydrogen) atoms. The maximum atomic E-state index is 11.8. The standard InChI is InChI=1S/C20H32N4O4/c1-20(2,3)12-14-7-9-15(10-8-14)13-23-19(28)22-11-5-4-6-16(17(25)26)24-18(21)27/h7-10,16H,4-6,11-13H2,1-3H3,(H,25,26)(H3,21,24,27)(H2,22,23,28)/t16-/m0/s1. The molecule has 0 saturated heterocycles. The van der Waals surface area contributed by atoms with Crippen LogP contribution in [-0.4, -0.2) is 35.7 Å². The van der Waals surface area contributed by atoms with Crippen LogP contribution in [0.1, 0.15) is 51.2 Å². The Hall–Kier alpha value is -2.77. The van der Waals surface area contributed by atoms with Crippen molar-refractivity contribution < 1.29 is 19.5 Å². The second kappa shape index (κ2) is 11.2. The molecule has 1 aromatic carbocycles. The molecule has 0 radical (unpaired) electrons. The summed E-state index contributed by atoms with van der Waals surface area (Å²) in [5, 5.41) is 16.7.